The van der Waals surface area contributed by atoms with Gasteiger partial charge in [-0.3, -0.25) is 0 Å². The largest absolute Gasteiger partial charge is 0.487 e. The molecule has 0 aliphatic heterocycles. The first-order valence-corrected chi connectivity index (χ1v) is 7.15. The number of aryl methyl sites for hydroxylation is 1. The predicted molar refractivity (Wildman–Crippen MR) is 75.0 cm³/mol. The maximum absolute atomic E-state index is 13.2. The zero-order valence-electron chi connectivity index (χ0n) is 10.9. The van der Waals surface area contributed by atoms with Crippen LogP contribution in [0, 0.1) is 5.82 Å². The van der Waals surface area contributed by atoms with Crippen LogP contribution in [0.4, 0.5) is 4.39 Å². The number of nitrogens with two attached hydrogens (primary N) is 1. The van der Waals surface area contributed by atoms with Crippen molar-refractivity contribution in [2.24, 2.45) is 5.73 Å². The Hall–Kier alpha value is -1.46. The second kappa shape index (κ2) is 6.63. The number of rotatable bonds is 6. The summed E-state index contributed by atoms with van der Waals surface area (Å²) in [6.07, 6.45) is 1.53. The van der Waals surface area contributed by atoms with Gasteiger partial charge >= 0.3 is 0 Å². The van der Waals surface area contributed by atoms with Crippen molar-refractivity contribution in [3.63, 3.8) is 0 Å². The molecule has 5 heteroatoms. The molecule has 0 aliphatic rings. The van der Waals surface area contributed by atoms with Gasteiger partial charge in [-0.2, -0.15) is 0 Å². The molecule has 0 atom stereocenters. The van der Waals surface area contributed by atoms with Gasteiger partial charge in [0.05, 0.1) is 10.7 Å². The van der Waals surface area contributed by atoms with Crippen LogP contribution in [-0.2, 0) is 19.4 Å². The van der Waals surface area contributed by atoms with Gasteiger partial charge in [0.25, 0.3) is 0 Å². The Morgan fingerprint density at radius 1 is 1.42 bits per heavy atom. The zero-order chi connectivity index (χ0) is 13.7. The summed E-state index contributed by atoms with van der Waals surface area (Å²) in [6.45, 7) is 2.94. The van der Waals surface area contributed by atoms with E-state index in [0.717, 1.165) is 22.7 Å². The van der Waals surface area contributed by atoms with Gasteiger partial charge in [0.2, 0.25) is 0 Å². The van der Waals surface area contributed by atoms with Gasteiger partial charge in [0.15, 0.2) is 0 Å². The topological polar surface area (TPSA) is 48.1 Å². The molecule has 0 saturated carbocycles. The van der Waals surface area contributed by atoms with E-state index in [1.807, 2.05) is 5.38 Å². The normalized spacial score (nSPS) is 10.7. The van der Waals surface area contributed by atoms with Crippen molar-refractivity contribution in [1.82, 2.24) is 4.98 Å². The Kier molecular flexibility index (Phi) is 4.87. The molecule has 1 heterocycles. The Labute approximate surface area is 116 Å². The van der Waals surface area contributed by atoms with Crippen molar-refractivity contribution in [3.8, 4) is 5.75 Å². The van der Waals surface area contributed by atoms with E-state index in [1.165, 1.54) is 12.1 Å². The Morgan fingerprint density at radius 3 is 2.95 bits per heavy atom. The summed E-state index contributed by atoms with van der Waals surface area (Å²) >= 11 is 1.63. The number of thiazole rings is 1. The standard InChI is InChI=1S/C14H17FN2OS/c1-2-14-17-12(9-19-14)8-18-13-4-3-11(15)7-10(13)5-6-16/h3-4,7,9H,2,5-6,8,16H2,1H3. The molecule has 1 aromatic heterocycles. The molecule has 1 aromatic carbocycles. The minimum atomic E-state index is -0.266. The zero-order valence-corrected chi connectivity index (χ0v) is 11.7. The van der Waals surface area contributed by atoms with E-state index >= 15 is 0 Å². The van der Waals surface area contributed by atoms with Gasteiger partial charge < -0.3 is 10.5 Å². The van der Waals surface area contributed by atoms with Crippen LogP contribution in [0.2, 0.25) is 0 Å². The summed E-state index contributed by atoms with van der Waals surface area (Å²) in [4.78, 5) is 4.43. The van der Waals surface area contributed by atoms with Crippen LogP contribution in [0.5, 0.6) is 5.75 Å². The highest BCUT2D eigenvalue weighted by Gasteiger charge is 2.07. The van der Waals surface area contributed by atoms with Gasteiger partial charge in [-0.25, -0.2) is 9.37 Å². The van der Waals surface area contributed by atoms with E-state index < -0.39 is 0 Å². The molecule has 0 spiro atoms. The average molecular weight is 280 g/mol. The van der Waals surface area contributed by atoms with Crippen molar-refractivity contribution >= 4 is 11.3 Å². The van der Waals surface area contributed by atoms with E-state index in [0.29, 0.717) is 25.3 Å². The number of hydrogen-bond donors (Lipinski definition) is 1. The molecule has 2 N–H and O–H groups in total. The Bertz CT molecular complexity index is 542. The first kappa shape index (κ1) is 14.0. The molecule has 102 valence electrons. The monoisotopic (exact) mass is 280 g/mol. The molecule has 2 aromatic rings. The molecule has 3 nitrogen and oxygen atoms in total. The number of benzene rings is 1. The lowest BCUT2D eigenvalue weighted by Crippen LogP contribution is -2.06. The van der Waals surface area contributed by atoms with Crippen LogP contribution in [0.1, 0.15) is 23.2 Å². The van der Waals surface area contributed by atoms with E-state index in [1.54, 1.807) is 17.4 Å². The van der Waals surface area contributed by atoms with Gasteiger partial charge in [0, 0.05) is 5.38 Å². The highest BCUT2D eigenvalue weighted by molar-refractivity contribution is 7.09. The Balaban J connectivity index is 2.05. The number of hydrogen-bond acceptors (Lipinski definition) is 4. The summed E-state index contributed by atoms with van der Waals surface area (Å²) in [7, 11) is 0. The summed E-state index contributed by atoms with van der Waals surface area (Å²) in [5, 5.41) is 3.09. The molecular formula is C14H17FN2OS. The number of aromatic nitrogens is 1. The van der Waals surface area contributed by atoms with Gasteiger partial charge in [-0.05, 0) is 43.1 Å². The van der Waals surface area contributed by atoms with Crippen molar-refractivity contribution in [2.75, 3.05) is 6.54 Å². The quantitative estimate of drug-likeness (QED) is 0.885. The number of halogens is 1. The molecule has 2 rings (SSSR count). The molecule has 0 radical (unpaired) electrons. The van der Waals surface area contributed by atoms with Crippen LogP contribution in [0.15, 0.2) is 23.6 Å². The number of ether oxygens (including phenoxy) is 1. The van der Waals surface area contributed by atoms with Crippen molar-refractivity contribution < 1.29 is 9.13 Å². The fourth-order valence-electron chi connectivity index (χ4n) is 1.77. The van der Waals surface area contributed by atoms with Crippen molar-refractivity contribution in [1.29, 1.82) is 0 Å². The lowest BCUT2D eigenvalue weighted by Gasteiger charge is -2.10. The fraction of sp³-hybridized carbons (Fsp3) is 0.357. The van der Waals surface area contributed by atoms with Crippen LogP contribution in [0.25, 0.3) is 0 Å². The highest BCUT2D eigenvalue weighted by Crippen LogP contribution is 2.21. The van der Waals surface area contributed by atoms with E-state index in [2.05, 4.69) is 11.9 Å². The van der Waals surface area contributed by atoms with Crippen molar-refractivity contribution in [2.45, 2.75) is 26.4 Å². The fourth-order valence-corrected chi connectivity index (χ4v) is 2.50. The molecule has 19 heavy (non-hydrogen) atoms. The maximum atomic E-state index is 13.2. The molecule has 0 bridgehead atoms. The SMILES string of the molecule is CCc1nc(COc2ccc(F)cc2CCN)cs1. The third kappa shape index (κ3) is 3.75. The smallest absolute Gasteiger partial charge is 0.131 e. The Morgan fingerprint density at radius 2 is 2.26 bits per heavy atom. The molecule has 0 unspecified atom stereocenters. The second-order valence-electron chi connectivity index (χ2n) is 4.17. The van der Waals surface area contributed by atoms with E-state index in [4.69, 9.17) is 10.5 Å². The first-order chi connectivity index (χ1) is 9.22. The van der Waals surface area contributed by atoms with E-state index in [-0.39, 0.29) is 5.82 Å². The van der Waals surface area contributed by atoms with Crippen LogP contribution < -0.4 is 10.5 Å². The van der Waals surface area contributed by atoms with Crippen molar-refractivity contribution in [3.05, 3.63) is 45.7 Å². The predicted octanol–water partition coefficient (Wildman–Crippen LogP) is 2.92. The molecule has 0 aliphatic carbocycles. The van der Waals surface area contributed by atoms with E-state index in [9.17, 15) is 4.39 Å². The van der Waals surface area contributed by atoms with Crippen LogP contribution >= 0.6 is 11.3 Å². The van der Waals surface area contributed by atoms with Gasteiger partial charge in [-0.15, -0.1) is 11.3 Å². The van der Waals surface area contributed by atoms with Gasteiger partial charge in [0.1, 0.15) is 18.2 Å². The summed E-state index contributed by atoms with van der Waals surface area (Å²) in [5.41, 5.74) is 7.23. The summed E-state index contributed by atoms with van der Waals surface area (Å²) < 4.78 is 18.9. The lowest BCUT2D eigenvalue weighted by molar-refractivity contribution is 0.298. The van der Waals surface area contributed by atoms with Gasteiger partial charge in [-0.1, -0.05) is 6.92 Å². The molecule has 0 saturated heterocycles. The average Bonchev–Trinajstić information content (AvgIpc) is 2.86. The lowest BCUT2D eigenvalue weighted by atomic mass is 10.1. The minimum Gasteiger partial charge on any atom is -0.487 e. The molecule has 0 fully saturated rings. The summed E-state index contributed by atoms with van der Waals surface area (Å²) in [6, 6.07) is 4.52. The number of nitrogens with zero attached hydrogens (tertiary/aromatic N) is 1. The summed E-state index contributed by atoms with van der Waals surface area (Å²) in [5.74, 6) is 0.413. The maximum Gasteiger partial charge on any atom is 0.131 e. The van der Waals surface area contributed by atoms with Crippen LogP contribution in [0.3, 0.4) is 0 Å². The first-order valence-electron chi connectivity index (χ1n) is 6.27. The third-order valence-corrected chi connectivity index (χ3v) is 3.76. The third-order valence-electron chi connectivity index (χ3n) is 2.71. The molecular weight excluding hydrogens is 263 g/mol. The molecule has 0 amide bonds. The van der Waals surface area contributed by atoms with Crippen LogP contribution in [-0.4, -0.2) is 11.5 Å². The highest BCUT2D eigenvalue weighted by atomic mass is 32.1. The second-order valence-corrected chi connectivity index (χ2v) is 5.11. The minimum absolute atomic E-state index is 0.266.